The minimum atomic E-state index is -0.151. The number of hydrogen-bond acceptors (Lipinski definition) is 3. The molecule has 8 aromatic carbocycles. The second kappa shape index (κ2) is 10.7. The molecule has 0 saturated heterocycles. The molecule has 0 spiro atoms. The molecule has 2 aromatic heterocycles. The molecule has 0 unspecified atom stereocenters. The van der Waals surface area contributed by atoms with Crippen LogP contribution in [-0.4, -0.2) is 0 Å². The highest BCUT2D eigenvalue weighted by Crippen LogP contribution is 2.53. The summed E-state index contributed by atoms with van der Waals surface area (Å²) in [6.07, 6.45) is 0. The third-order valence-corrected chi connectivity index (χ3v) is 11.3. The van der Waals surface area contributed by atoms with Crippen molar-refractivity contribution in [2.75, 3.05) is 4.90 Å². The Hall–Kier alpha value is -6.58. The topological polar surface area (TPSA) is 29.5 Å². The van der Waals surface area contributed by atoms with Crippen LogP contribution in [0.4, 0.5) is 17.1 Å². The summed E-state index contributed by atoms with van der Waals surface area (Å²) in [6.45, 7) is 4.69. The van der Waals surface area contributed by atoms with Crippen LogP contribution in [0.1, 0.15) is 25.0 Å². The van der Waals surface area contributed by atoms with Gasteiger partial charge in [0.25, 0.3) is 0 Å². The molecule has 1 aliphatic rings. The second-order valence-electron chi connectivity index (χ2n) is 14.5. The Morgan fingerprint density at radius 3 is 2.00 bits per heavy atom. The van der Waals surface area contributed by atoms with Crippen molar-refractivity contribution in [3.8, 4) is 22.3 Å². The lowest BCUT2D eigenvalue weighted by molar-refractivity contribution is 0.660. The van der Waals surface area contributed by atoms with Gasteiger partial charge in [-0.2, -0.15) is 0 Å². The summed E-state index contributed by atoms with van der Waals surface area (Å²) >= 11 is 0. The molecule has 0 aliphatic heterocycles. The maximum absolute atomic E-state index is 6.65. The predicted octanol–water partition coefficient (Wildman–Crippen LogP) is 14.1. The Morgan fingerprint density at radius 1 is 0.442 bits per heavy atom. The zero-order valence-corrected chi connectivity index (χ0v) is 28.9. The van der Waals surface area contributed by atoms with Gasteiger partial charge in [0.2, 0.25) is 0 Å². The van der Waals surface area contributed by atoms with Gasteiger partial charge in [0, 0.05) is 50.0 Å². The van der Waals surface area contributed by atoms with E-state index in [4.69, 9.17) is 8.83 Å². The Bertz CT molecular complexity index is 3050. The van der Waals surface area contributed by atoms with Gasteiger partial charge in [-0.1, -0.05) is 123 Å². The zero-order valence-electron chi connectivity index (χ0n) is 28.9. The molecule has 0 saturated carbocycles. The molecular weight excluding hydrogens is 635 g/mol. The molecule has 2 heterocycles. The number of nitrogens with zero attached hydrogens (tertiary/aromatic N) is 1. The summed E-state index contributed by atoms with van der Waals surface area (Å²) < 4.78 is 13.2. The molecule has 3 heteroatoms. The van der Waals surface area contributed by atoms with Gasteiger partial charge in [0.15, 0.2) is 0 Å². The fourth-order valence-electron chi connectivity index (χ4n) is 8.81. The fraction of sp³-hybridized carbons (Fsp3) is 0.0612. The van der Waals surface area contributed by atoms with E-state index in [1.54, 1.807) is 0 Å². The summed E-state index contributed by atoms with van der Waals surface area (Å²) in [5.74, 6) is 0. The highest BCUT2D eigenvalue weighted by Gasteiger charge is 2.36. The van der Waals surface area contributed by atoms with Gasteiger partial charge < -0.3 is 13.7 Å². The molecule has 11 rings (SSSR count). The third-order valence-electron chi connectivity index (χ3n) is 11.3. The SMILES string of the molecule is CC1(C)c2ccccc2-c2ccc(N(c3ccc4c(c3)oc3ccccc34)c3ccc4oc5ccc6ccccc6c5c4c3-c3ccccc3)cc21. The normalized spacial score (nSPS) is 13.3. The van der Waals surface area contributed by atoms with E-state index in [9.17, 15) is 0 Å². The molecule has 1 aliphatic carbocycles. The van der Waals surface area contributed by atoms with E-state index in [0.717, 1.165) is 72.1 Å². The van der Waals surface area contributed by atoms with Gasteiger partial charge in [-0.15, -0.1) is 0 Å². The number of benzene rings is 8. The summed E-state index contributed by atoms with van der Waals surface area (Å²) in [5, 5.41) is 6.84. The van der Waals surface area contributed by atoms with Gasteiger partial charge in [-0.3, -0.25) is 0 Å². The van der Waals surface area contributed by atoms with E-state index < -0.39 is 0 Å². The average molecular weight is 668 g/mol. The van der Waals surface area contributed by atoms with Crippen LogP contribution in [-0.2, 0) is 5.41 Å². The van der Waals surface area contributed by atoms with Crippen LogP contribution in [0.25, 0.3) is 76.9 Å². The Morgan fingerprint density at radius 2 is 1.10 bits per heavy atom. The maximum atomic E-state index is 6.65. The number of rotatable bonds is 4. The van der Waals surface area contributed by atoms with Crippen LogP contribution in [0.2, 0.25) is 0 Å². The number of para-hydroxylation sites is 1. The highest BCUT2D eigenvalue weighted by molar-refractivity contribution is 6.24. The summed E-state index contributed by atoms with van der Waals surface area (Å²) in [6, 6.07) is 58.7. The highest BCUT2D eigenvalue weighted by atomic mass is 16.3. The van der Waals surface area contributed by atoms with Crippen LogP contribution < -0.4 is 4.90 Å². The average Bonchev–Trinajstić information content (AvgIpc) is 3.83. The number of furan rings is 2. The van der Waals surface area contributed by atoms with Crippen molar-refractivity contribution in [3.05, 3.63) is 175 Å². The van der Waals surface area contributed by atoms with Crippen LogP contribution >= 0.6 is 0 Å². The molecular formula is C49H33NO2. The monoisotopic (exact) mass is 667 g/mol. The largest absolute Gasteiger partial charge is 0.456 e. The smallest absolute Gasteiger partial charge is 0.137 e. The number of fused-ring (bicyclic) bond motifs is 11. The summed E-state index contributed by atoms with van der Waals surface area (Å²) in [4.78, 5) is 2.41. The molecule has 0 N–H and O–H groups in total. The van der Waals surface area contributed by atoms with E-state index in [-0.39, 0.29) is 5.41 Å². The van der Waals surface area contributed by atoms with Gasteiger partial charge >= 0.3 is 0 Å². The van der Waals surface area contributed by atoms with Gasteiger partial charge in [0.1, 0.15) is 22.3 Å². The van der Waals surface area contributed by atoms with E-state index in [0.29, 0.717) is 0 Å². The van der Waals surface area contributed by atoms with E-state index in [1.807, 2.05) is 12.1 Å². The van der Waals surface area contributed by atoms with E-state index in [2.05, 4.69) is 170 Å². The van der Waals surface area contributed by atoms with Crippen molar-refractivity contribution in [1.29, 1.82) is 0 Å². The molecule has 3 nitrogen and oxygen atoms in total. The molecule has 0 radical (unpaired) electrons. The minimum absolute atomic E-state index is 0.151. The minimum Gasteiger partial charge on any atom is -0.456 e. The molecule has 10 aromatic rings. The van der Waals surface area contributed by atoms with Crippen molar-refractivity contribution in [1.82, 2.24) is 0 Å². The molecule has 0 amide bonds. The Kier molecular flexibility index (Phi) is 6.01. The predicted molar refractivity (Wildman–Crippen MR) is 216 cm³/mol. The lowest BCUT2D eigenvalue weighted by Crippen LogP contribution is -2.17. The summed E-state index contributed by atoms with van der Waals surface area (Å²) in [5.41, 5.74) is 14.1. The molecule has 52 heavy (non-hydrogen) atoms. The first-order valence-electron chi connectivity index (χ1n) is 17.9. The van der Waals surface area contributed by atoms with E-state index >= 15 is 0 Å². The Labute approximate surface area is 301 Å². The lowest BCUT2D eigenvalue weighted by atomic mass is 9.82. The lowest BCUT2D eigenvalue weighted by Gasteiger charge is -2.30. The van der Waals surface area contributed by atoms with Crippen LogP contribution in [0.5, 0.6) is 0 Å². The molecule has 0 atom stereocenters. The number of hydrogen-bond donors (Lipinski definition) is 0. The van der Waals surface area contributed by atoms with Crippen LogP contribution in [0, 0.1) is 0 Å². The van der Waals surface area contributed by atoms with Crippen molar-refractivity contribution in [3.63, 3.8) is 0 Å². The van der Waals surface area contributed by atoms with Crippen molar-refractivity contribution in [2.45, 2.75) is 19.3 Å². The van der Waals surface area contributed by atoms with Gasteiger partial charge in [0.05, 0.1) is 5.69 Å². The maximum Gasteiger partial charge on any atom is 0.137 e. The zero-order chi connectivity index (χ0) is 34.6. The van der Waals surface area contributed by atoms with E-state index in [1.165, 1.54) is 33.0 Å². The fourth-order valence-corrected chi connectivity index (χ4v) is 8.81. The summed E-state index contributed by atoms with van der Waals surface area (Å²) in [7, 11) is 0. The molecule has 0 bridgehead atoms. The Balaban J connectivity index is 1.25. The van der Waals surface area contributed by atoms with Crippen LogP contribution in [0.15, 0.2) is 173 Å². The second-order valence-corrected chi connectivity index (χ2v) is 14.5. The van der Waals surface area contributed by atoms with Crippen molar-refractivity contribution in [2.24, 2.45) is 0 Å². The number of anilines is 3. The molecule has 0 fully saturated rings. The van der Waals surface area contributed by atoms with Gasteiger partial charge in [-0.05, 0) is 87.1 Å². The van der Waals surface area contributed by atoms with Crippen LogP contribution in [0.3, 0.4) is 0 Å². The third kappa shape index (κ3) is 4.08. The first-order valence-corrected chi connectivity index (χ1v) is 17.9. The van der Waals surface area contributed by atoms with Crippen molar-refractivity contribution < 1.29 is 8.83 Å². The quantitative estimate of drug-likeness (QED) is 0.187. The van der Waals surface area contributed by atoms with Crippen molar-refractivity contribution >= 4 is 71.7 Å². The first-order chi connectivity index (χ1) is 25.5. The van der Waals surface area contributed by atoms with Gasteiger partial charge in [-0.25, -0.2) is 0 Å². The molecule has 246 valence electrons. The standard InChI is InChI=1S/C49H33NO2/c1-49(2)39-18-10-8-16-35(39)36-23-21-32(28-40(36)49)50(33-22-24-38-37-17-9-11-19-42(37)51-45(38)29-33)41-25-27-44-48(46(41)31-13-4-3-5-14-31)47-34-15-7-6-12-30(34)20-26-43(47)52-44/h3-29H,1-2H3. The first kappa shape index (κ1) is 29.2.